The number of aliphatic hydroxyl groups excluding tert-OH is 3. The highest BCUT2D eigenvalue weighted by atomic mass is 28.4. The van der Waals surface area contributed by atoms with E-state index >= 15 is 0 Å². The number of carbonyl (C=O) groups is 2. The standard InChI is InChI=1S/C12H26O4Si.C6H12O4/c1-7-15-11(14)8-10(9-13)16-17(5,6)12(2,3)4;1-2-10-6(9)3-5(8)4-7/h10,13H,7-9H2,1-6H3;5,7-8H,2-4H2,1H3/t10-;5-/m11/s1. The molecule has 0 rings (SSSR count). The third-order valence-electron chi connectivity index (χ3n) is 4.09. The molecular formula is C18H38O8Si. The molecule has 27 heavy (non-hydrogen) atoms. The van der Waals surface area contributed by atoms with Crippen LogP contribution in [0.4, 0.5) is 0 Å². The molecule has 9 heteroatoms. The minimum Gasteiger partial charge on any atom is -0.466 e. The highest BCUT2D eigenvalue weighted by Gasteiger charge is 2.39. The highest BCUT2D eigenvalue weighted by Crippen LogP contribution is 2.37. The lowest BCUT2D eigenvalue weighted by molar-refractivity contribution is -0.146. The molecule has 0 heterocycles. The van der Waals surface area contributed by atoms with Crippen molar-refractivity contribution in [2.75, 3.05) is 26.4 Å². The molecule has 0 saturated carbocycles. The number of esters is 2. The zero-order chi connectivity index (χ0) is 21.7. The second-order valence-electron chi connectivity index (χ2n) is 7.54. The van der Waals surface area contributed by atoms with Gasteiger partial charge in [0.2, 0.25) is 0 Å². The Labute approximate surface area is 163 Å². The van der Waals surface area contributed by atoms with Crippen molar-refractivity contribution < 1.29 is 38.8 Å². The fourth-order valence-electron chi connectivity index (χ4n) is 1.62. The number of rotatable bonds is 10. The van der Waals surface area contributed by atoms with E-state index in [1.54, 1.807) is 13.8 Å². The SMILES string of the molecule is CCOC(=O)C[C@@H](O)CO.CCOC(=O)C[C@H](CO)O[Si](C)(C)C(C)(C)C. The monoisotopic (exact) mass is 410 g/mol. The molecule has 0 fully saturated rings. The smallest absolute Gasteiger partial charge is 0.308 e. The minimum atomic E-state index is -1.95. The highest BCUT2D eigenvalue weighted by molar-refractivity contribution is 6.74. The van der Waals surface area contributed by atoms with Gasteiger partial charge in [-0.05, 0) is 32.0 Å². The largest absolute Gasteiger partial charge is 0.466 e. The molecule has 2 atom stereocenters. The zero-order valence-electron chi connectivity index (χ0n) is 17.8. The van der Waals surface area contributed by atoms with Gasteiger partial charge < -0.3 is 29.2 Å². The summed E-state index contributed by atoms with van der Waals surface area (Å²) >= 11 is 0. The van der Waals surface area contributed by atoms with E-state index < -0.39 is 33.1 Å². The first kappa shape index (κ1) is 28.2. The number of aliphatic hydroxyl groups is 3. The molecule has 0 aliphatic rings. The van der Waals surface area contributed by atoms with Crippen LogP contribution in [0.1, 0.15) is 47.5 Å². The van der Waals surface area contributed by atoms with Crippen LogP contribution in [0, 0.1) is 0 Å². The first-order chi connectivity index (χ1) is 12.3. The molecule has 0 aliphatic heterocycles. The van der Waals surface area contributed by atoms with Gasteiger partial charge in [0.1, 0.15) is 0 Å². The summed E-state index contributed by atoms with van der Waals surface area (Å²) in [5.74, 6) is -0.797. The van der Waals surface area contributed by atoms with Crippen molar-refractivity contribution in [3.05, 3.63) is 0 Å². The van der Waals surface area contributed by atoms with Crippen molar-refractivity contribution in [2.24, 2.45) is 0 Å². The Hall–Kier alpha value is -1.00. The summed E-state index contributed by atoms with van der Waals surface area (Å²) in [5.41, 5.74) is 0. The van der Waals surface area contributed by atoms with Crippen molar-refractivity contribution >= 4 is 20.3 Å². The third-order valence-corrected chi connectivity index (χ3v) is 8.62. The first-order valence-corrected chi connectivity index (χ1v) is 12.1. The van der Waals surface area contributed by atoms with Gasteiger partial charge in [0.05, 0.1) is 51.5 Å². The topological polar surface area (TPSA) is 123 Å². The minimum absolute atomic E-state index is 0.0646. The van der Waals surface area contributed by atoms with Gasteiger partial charge in [-0.15, -0.1) is 0 Å². The third kappa shape index (κ3) is 13.8. The molecule has 3 N–H and O–H groups in total. The van der Waals surface area contributed by atoms with Crippen molar-refractivity contribution in [3.8, 4) is 0 Å². The van der Waals surface area contributed by atoms with E-state index in [-0.39, 0.29) is 30.5 Å². The Morgan fingerprint density at radius 3 is 1.70 bits per heavy atom. The van der Waals surface area contributed by atoms with Gasteiger partial charge in [-0.2, -0.15) is 0 Å². The predicted molar refractivity (Wildman–Crippen MR) is 105 cm³/mol. The normalized spacial score (nSPS) is 13.9. The van der Waals surface area contributed by atoms with E-state index in [0.29, 0.717) is 13.2 Å². The molecular weight excluding hydrogens is 372 g/mol. The summed E-state index contributed by atoms with van der Waals surface area (Å²) in [6.07, 6.45) is -1.45. The summed E-state index contributed by atoms with van der Waals surface area (Å²) in [6, 6.07) is 0. The lowest BCUT2D eigenvalue weighted by Gasteiger charge is -2.38. The Balaban J connectivity index is 0. The number of hydrogen-bond acceptors (Lipinski definition) is 8. The van der Waals surface area contributed by atoms with E-state index in [2.05, 4.69) is 38.6 Å². The molecule has 0 saturated heterocycles. The molecule has 0 aromatic carbocycles. The van der Waals surface area contributed by atoms with Crippen LogP contribution in [0.15, 0.2) is 0 Å². The van der Waals surface area contributed by atoms with Crippen LogP contribution in [0.2, 0.25) is 18.1 Å². The molecule has 0 bridgehead atoms. The van der Waals surface area contributed by atoms with Gasteiger partial charge in [0.15, 0.2) is 8.32 Å². The maximum atomic E-state index is 11.3. The Bertz CT molecular complexity index is 420. The van der Waals surface area contributed by atoms with Crippen molar-refractivity contribution in [1.82, 2.24) is 0 Å². The van der Waals surface area contributed by atoms with E-state index in [1.807, 2.05) is 0 Å². The zero-order valence-corrected chi connectivity index (χ0v) is 18.8. The number of hydrogen-bond donors (Lipinski definition) is 3. The van der Waals surface area contributed by atoms with Crippen LogP contribution in [-0.4, -0.2) is 74.2 Å². The van der Waals surface area contributed by atoms with Gasteiger partial charge in [-0.1, -0.05) is 20.8 Å². The fourth-order valence-corrected chi connectivity index (χ4v) is 2.96. The number of carbonyl (C=O) groups excluding carboxylic acids is 2. The van der Waals surface area contributed by atoms with Gasteiger partial charge >= 0.3 is 11.9 Å². The lowest BCUT2D eigenvalue weighted by atomic mass is 10.2. The molecule has 162 valence electrons. The Morgan fingerprint density at radius 1 is 0.926 bits per heavy atom. The average Bonchev–Trinajstić information content (AvgIpc) is 2.53. The molecule has 0 radical (unpaired) electrons. The molecule has 0 aromatic rings. The van der Waals surface area contributed by atoms with Crippen LogP contribution in [-0.2, 0) is 23.5 Å². The summed E-state index contributed by atoms with van der Waals surface area (Å²) in [4.78, 5) is 21.9. The van der Waals surface area contributed by atoms with E-state index in [9.17, 15) is 14.7 Å². The molecule has 0 aromatic heterocycles. The fraction of sp³-hybridized carbons (Fsp3) is 0.889. The van der Waals surface area contributed by atoms with Crippen LogP contribution in [0.25, 0.3) is 0 Å². The van der Waals surface area contributed by atoms with Crippen molar-refractivity contribution in [1.29, 1.82) is 0 Å². The van der Waals surface area contributed by atoms with Crippen LogP contribution in [0.5, 0.6) is 0 Å². The maximum absolute atomic E-state index is 11.3. The van der Waals surface area contributed by atoms with Gasteiger partial charge in [-0.25, -0.2) is 0 Å². The average molecular weight is 411 g/mol. The predicted octanol–water partition coefficient (Wildman–Crippen LogP) is 1.62. The molecule has 0 spiro atoms. The van der Waals surface area contributed by atoms with Gasteiger partial charge in [0.25, 0.3) is 0 Å². The van der Waals surface area contributed by atoms with Crippen molar-refractivity contribution in [2.45, 2.75) is 77.8 Å². The van der Waals surface area contributed by atoms with Crippen molar-refractivity contribution in [3.63, 3.8) is 0 Å². The summed E-state index contributed by atoms with van der Waals surface area (Å²) in [6.45, 7) is 14.1. The van der Waals surface area contributed by atoms with Crippen LogP contribution >= 0.6 is 0 Å². The molecule has 0 unspecified atom stereocenters. The quantitative estimate of drug-likeness (QED) is 0.367. The van der Waals surface area contributed by atoms with E-state index in [1.165, 1.54) is 0 Å². The first-order valence-electron chi connectivity index (χ1n) is 9.23. The van der Waals surface area contributed by atoms with Gasteiger partial charge in [-0.3, -0.25) is 9.59 Å². The summed E-state index contributed by atoms with van der Waals surface area (Å²) in [7, 11) is -1.95. The second-order valence-corrected chi connectivity index (χ2v) is 12.3. The summed E-state index contributed by atoms with van der Waals surface area (Å²) < 4.78 is 15.3. The van der Waals surface area contributed by atoms with E-state index in [0.717, 1.165) is 0 Å². The molecule has 0 amide bonds. The van der Waals surface area contributed by atoms with Gasteiger partial charge in [0, 0.05) is 0 Å². The number of ether oxygens (including phenoxy) is 2. The Kier molecular flexibility index (Phi) is 14.7. The lowest BCUT2D eigenvalue weighted by Crippen LogP contribution is -2.45. The molecule has 8 nitrogen and oxygen atoms in total. The van der Waals surface area contributed by atoms with Crippen LogP contribution in [0.3, 0.4) is 0 Å². The summed E-state index contributed by atoms with van der Waals surface area (Å²) in [5, 5.41) is 26.3. The Morgan fingerprint density at radius 2 is 1.37 bits per heavy atom. The molecule has 0 aliphatic carbocycles. The second kappa shape index (κ2) is 14.1. The van der Waals surface area contributed by atoms with E-state index in [4.69, 9.17) is 19.4 Å². The maximum Gasteiger partial charge on any atom is 0.308 e. The van der Waals surface area contributed by atoms with Crippen LogP contribution < -0.4 is 0 Å².